The molecule has 3 N–H and O–H groups in total. The molecular formula is C25H32N4O4. The maximum atomic E-state index is 13.0. The number of benzene rings is 1. The Hall–Kier alpha value is -3.13. The van der Waals surface area contributed by atoms with Gasteiger partial charge in [-0.2, -0.15) is 0 Å². The standard InChI is InChI=1S/C25H32N4O4/c26-22-20(7-5-12-27-22)24(31)29-14-10-25(11-15-29)9-3-4-16-32-17-13-28-23(30)19-6-1-2-8-21(19)33-18-25/h1-2,5-8,12H,3-4,9-11,13-18H2,(H2,26,27)(H,28,30). The molecule has 1 fully saturated rings. The largest absolute Gasteiger partial charge is 0.492 e. The van der Waals surface area contributed by atoms with Crippen molar-refractivity contribution in [2.45, 2.75) is 32.1 Å². The lowest BCUT2D eigenvalue weighted by Gasteiger charge is -2.42. The molecule has 2 amide bonds. The first-order chi connectivity index (χ1) is 16.1. The monoisotopic (exact) mass is 452 g/mol. The number of hydrogen-bond donors (Lipinski definition) is 2. The summed E-state index contributed by atoms with van der Waals surface area (Å²) < 4.78 is 12.0. The zero-order valence-corrected chi connectivity index (χ0v) is 18.9. The van der Waals surface area contributed by atoms with Crippen molar-refractivity contribution in [2.24, 2.45) is 5.41 Å². The number of aromatic nitrogens is 1. The van der Waals surface area contributed by atoms with Crippen molar-refractivity contribution in [1.82, 2.24) is 15.2 Å². The van der Waals surface area contributed by atoms with Gasteiger partial charge >= 0.3 is 0 Å². The molecule has 176 valence electrons. The highest BCUT2D eigenvalue weighted by Crippen LogP contribution is 2.38. The van der Waals surface area contributed by atoms with Crippen LogP contribution in [0.4, 0.5) is 5.82 Å². The van der Waals surface area contributed by atoms with Crippen molar-refractivity contribution in [3.8, 4) is 5.75 Å². The molecule has 0 radical (unpaired) electrons. The lowest BCUT2D eigenvalue weighted by atomic mass is 9.75. The van der Waals surface area contributed by atoms with Crippen LogP contribution in [0.15, 0.2) is 42.6 Å². The van der Waals surface area contributed by atoms with E-state index in [1.165, 1.54) is 0 Å². The van der Waals surface area contributed by atoms with E-state index in [1.807, 2.05) is 23.1 Å². The van der Waals surface area contributed by atoms with Crippen LogP contribution in [-0.4, -0.2) is 61.2 Å². The molecule has 1 aromatic heterocycles. The number of nitrogen functional groups attached to an aromatic ring is 1. The zero-order valence-electron chi connectivity index (χ0n) is 18.9. The molecule has 0 aliphatic carbocycles. The van der Waals surface area contributed by atoms with Gasteiger partial charge in [0.2, 0.25) is 0 Å². The topological polar surface area (TPSA) is 107 Å². The van der Waals surface area contributed by atoms with E-state index < -0.39 is 0 Å². The smallest absolute Gasteiger partial charge is 0.257 e. The molecule has 2 aliphatic heterocycles. The minimum absolute atomic E-state index is 0.0645. The Morgan fingerprint density at radius 1 is 1.06 bits per heavy atom. The number of rotatable bonds is 1. The quantitative estimate of drug-likeness (QED) is 0.689. The number of carbonyl (C=O) groups excluding carboxylic acids is 2. The number of amides is 2. The lowest BCUT2D eigenvalue weighted by Crippen LogP contribution is -2.45. The molecule has 3 heterocycles. The van der Waals surface area contributed by atoms with Gasteiger partial charge in [0.1, 0.15) is 11.6 Å². The second-order valence-electron chi connectivity index (χ2n) is 8.84. The summed E-state index contributed by atoms with van der Waals surface area (Å²) in [5.41, 5.74) is 6.84. The number of hydrogen-bond acceptors (Lipinski definition) is 6. The summed E-state index contributed by atoms with van der Waals surface area (Å²) in [7, 11) is 0. The van der Waals surface area contributed by atoms with Crippen molar-refractivity contribution in [3.63, 3.8) is 0 Å². The maximum Gasteiger partial charge on any atom is 0.257 e. The minimum atomic E-state index is -0.158. The fraction of sp³-hybridized carbons (Fsp3) is 0.480. The SMILES string of the molecule is Nc1ncccc1C(=O)N1CCC2(CCCCOCCNC(=O)c3ccccc3OC2)CC1. The number of nitrogens with one attached hydrogen (secondary N) is 1. The minimum Gasteiger partial charge on any atom is -0.492 e. The normalized spacial score (nSPS) is 19.6. The van der Waals surface area contributed by atoms with Crippen molar-refractivity contribution in [1.29, 1.82) is 0 Å². The summed E-state index contributed by atoms with van der Waals surface area (Å²) in [6.07, 6.45) is 6.22. The van der Waals surface area contributed by atoms with Crippen LogP contribution in [0.3, 0.4) is 0 Å². The molecular weight excluding hydrogens is 420 g/mol. The number of likely N-dealkylation sites (tertiary alicyclic amines) is 1. The van der Waals surface area contributed by atoms with E-state index >= 15 is 0 Å². The van der Waals surface area contributed by atoms with Crippen LogP contribution in [0.5, 0.6) is 5.75 Å². The third kappa shape index (κ3) is 5.63. The number of anilines is 1. The number of piperidine rings is 1. The molecule has 0 atom stereocenters. The van der Waals surface area contributed by atoms with Gasteiger partial charge in [-0.05, 0) is 49.9 Å². The van der Waals surface area contributed by atoms with Crippen LogP contribution in [0.1, 0.15) is 52.8 Å². The Morgan fingerprint density at radius 2 is 1.88 bits per heavy atom. The van der Waals surface area contributed by atoms with Gasteiger partial charge in [-0.1, -0.05) is 18.6 Å². The maximum absolute atomic E-state index is 13.0. The van der Waals surface area contributed by atoms with Crippen molar-refractivity contribution in [2.75, 3.05) is 45.2 Å². The van der Waals surface area contributed by atoms with Gasteiger partial charge in [-0.15, -0.1) is 0 Å². The molecule has 8 nitrogen and oxygen atoms in total. The van der Waals surface area contributed by atoms with Gasteiger partial charge in [-0.25, -0.2) is 4.98 Å². The van der Waals surface area contributed by atoms with Gasteiger partial charge in [0.05, 0.1) is 24.3 Å². The number of carbonyl (C=O) groups is 2. The van der Waals surface area contributed by atoms with Gasteiger partial charge in [0, 0.05) is 37.9 Å². The van der Waals surface area contributed by atoms with E-state index in [0.717, 1.165) is 32.1 Å². The zero-order chi connectivity index (χ0) is 23.1. The van der Waals surface area contributed by atoms with Gasteiger partial charge in [-0.3, -0.25) is 9.59 Å². The average Bonchev–Trinajstić information content (AvgIpc) is 2.84. The predicted molar refractivity (Wildman–Crippen MR) is 125 cm³/mol. The van der Waals surface area contributed by atoms with Crippen LogP contribution in [-0.2, 0) is 4.74 Å². The highest BCUT2D eigenvalue weighted by molar-refractivity contribution is 5.98. The Labute approximate surface area is 194 Å². The third-order valence-electron chi connectivity index (χ3n) is 6.62. The molecule has 1 spiro atoms. The fourth-order valence-electron chi connectivity index (χ4n) is 4.57. The van der Waals surface area contributed by atoms with Gasteiger partial charge in [0.25, 0.3) is 11.8 Å². The summed E-state index contributed by atoms with van der Waals surface area (Å²) in [4.78, 5) is 31.5. The first-order valence-corrected chi connectivity index (χ1v) is 11.7. The number of nitrogens with zero attached hydrogens (tertiary/aromatic N) is 2. The molecule has 33 heavy (non-hydrogen) atoms. The average molecular weight is 453 g/mol. The van der Waals surface area contributed by atoms with E-state index in [-0.39, 0.29) is 23.0 Å². The Balaban J connectivity index is 1.48. The van der Waals surface area contributed by atoms with E-state index in [2.05, 4.69) is 10.3 Å². The second kappa shape index (κ2) is 10.7. The third-order valence-corrected chi connectivity index (χ3v) is 6.62. The predicted octanol–water partition coefficient (Wildman–Crippen LogP) is 2.90. The number of nitrogens with two attached hydrogens (primary N) is 1. The molecule has 8 heteroatoms. The summed E-state index contributed by atoms with van der Waals surface area (Å²) in [5, 5.41) is 2.90. The van der Waals surface area contributed by atoms with Crippen molar-refractivity contribution < 1.29 is 19.1 Å². The Kier molecular flexibility index (Phi) is 7.44. The molecule has 0 saturated carbocycles. The van der Waals surface area contributed by atoms with E-state index in [4.69, 9.17) is 15.2 Å². The Morgan fingerprint density at radius 3 is 2.70 bits per heavy atom. The van der Waals surface area contributed by atoms with Crippen LogP contribution in [0.25, 0.3) is 0 Å². The Bertz CT molecular complexity index is 972. The number of pyridine rings is 1. The molecule has 1 aromatic carbocycles. The van der Waals surface area contributed by atoms with Crippen molar-refractivity contribution >= 4 is 17.6 Å². The highest BCUT2D eigenvalue weighted by Gasteiger charge is 2.37. The molecule has 0 bridgehead atoms. The summed E-state index contributed by atoms with van der Waals surface area (Å²) in [5.74, 6) is 0.621. The van der Waals surface area contributed by atoms with E-state index in [9.17, 15) is 9.59 Å². The molecule has 1 saturated heterocycles. The van der Waals surface area contributed by atoms with Crippen LogP contribution in [0, 0.1) is 5.41 Å². The van der Waals surface area contributed by atoms with E-state index in [0.29, 0.717) is 56.3 Å². The summed E-state index contributed by atoms with van der Waals surface area (Å²) in [6, 6.07) is 10.8. The number of ether oxygens (including phenoxy) is 2. The van der Waals surface area contributed by atoms with Gasteiger partial charge < -0.3 is 25.4 Å². The summed E-state index contributed by atoms with van der Waals surface area (Å²) in [6.45, 7) is 3.42. The lowest BCUT2D eigenvalue weighted by molar-refractivity contribution is 0.0341. The van der Waals surface area contributed by atoms with Crippen LogP contribution < -0.4 is 15.8 Å². The molecule has 2 aliphatic rings. The summed E-state index contributed by atoms with van der Waals surface area (Å²) >= 11 is 0. The molecule has 0 unspecified atom stereocenters. The van der Waals surface area contributed by atoms with Gasteiger partial charge in [0.15, 0.2) is 0 Å². The van der Waals surface area contributed by atoms with Crippen molar-refractivity contribution in [3.05, 3.63) is 53.7 Å². The fourth-order valence-corrected chi connectivity index (χ4v) is 4.57. The highest BCUT2D eigenvalue weighted by atomic mass is 16.5. The first kappa shape index (κ1) is 23.0. The van der Waals surface area contributed by atoms with Crippen LogP contribution in [0.2, 0.25) is 0 Å². The first-order valence-electron chi connectivity index (χ1n) is 11.7. The molecule has 4 rings (SSSR count). The number of para-hydroxylation sites is 1. The number of fused-ring (bicyclic) bond motifs is 1. The van der Waals surface area contributed by atoms with E-state index in [1.54, 1.807) is 24.4 Å². The second-order valence-corrected chi connectivity index (χ2v) is 8.84. The molecule has 2 aromatic rings. The van der Waals surface area contributed by atoms with Crippen LogP contribution >= 0.6 is 0 Å².